The number of esters is 2. The van der Waals surface area contributed by atoms with E-state index in [9.17, 15) is 19.5 Å². The van der Waals surface area contributed by atoms with E-state index in [1.165, 1.54) is 19.9 Å². The van der Waals surface area contributed by atoms with E-state index in [1.807, 2.05) is 30.3 Å². The van der Waals surface area contributed by atoms with Crippen LogP contribution < -0.4 is 5.32 Å². The van der Waals surface area contributed by atoms with Crippen LogP contribution in [0.5, 0.6) is 0 Å². The maximum Gasteiger partial charge on any atom is 0.338 e. The van der Waals surface area contributed by atoms with Gasteiger partial charge in [0.1, 0.15) is 18.3 Å². The predicted molar refractivity (Wildman–Crippen MR) is 160 cm³/mol. The summed E-state index contributed by atoms with van der Waals surface area (Å²) in [6, 6.07) is 16.9. The lowest BCUT2D eigenvalue weighted by Crippen LogP contribution is -2.67. The van der Waals surface area contributed by atoms with Gasteiger partial charge in [-0.3, -0.25) is 9.59 Å². The third-order valence-electron chi connectivity index (χ3n) is 7.44. The van der Waals surface area contributed by atoms with Gasteiger partial charge in [0.05, 0.1) is 37.0 Å². The summed E-state index contributed by atoms with van der Waals surface area (Å²) in [5.74, 6) is -1.58. The fourth-order valence-corrected chi connectivity index (χ4v) is 5.42. The maximum atomic E-state index is 13.1. The van der Waals surface area contributed by atoms with Gasteiger partial charge >= 0.3 is 11.9 Å². The van der Waals surface area contributed by atoms with Crippen LogP contribution in [0.2, 0.25) is 0 Å². The lowest BCUT2D eigenvalue weighted by Gasteiger charge is -2.48. The predicted octanol–water partition coefficient (Wildman–Crippen LogP) is 2.67. The quantitative estimate of drug-likeness (QED) is 0.264. The molecule has 0 spiro atoms. The topological polar surface area (TPSA) is 148 Å². The van der Waals surface area contributed by atoms with Crippen LogP contribution in [0.1, 0.15) is 43.6 Å². The van der Waals surface area contributed by atoms with E-state index in [0.717, 1.165) is 5.56 Å². The van der Waals surface area contributed by atoms with Crippen molar-refractivity contribution >= 4 is 17.8 Å². The molecule has 45 heavy (non-hydrogen) atoms. The summed E-state index contributed by atoms with van der Waals surface area (Å²) >= 11 is 0. The van der Waals surface area contributed by atoms with Crippen LogP contribution in [-0.4, -0.2) is 90.9 Å². The van der Waals surface area contributed by atoms with Crippen LogP contribution in [0, 0.1) is 0 Å². The van der Waals surface area contributed by atoms with Crippen LogP contribution in [-0.2, 0) is 49.4 Å². The van der Waals surface area contributed by atoms with E-state index in [1.54, 1.807) is 44.2 Å². The first kappa shape index (κ1) is 34.2. The van der Waals surface area contributed by atoms with Crippen molar-refractivity contribution in [3.8, 4) is 0 Å². The Morgan fingerprint density at radius 3 is 2.11 bits per heavy atom. The Labute approximate surface area is 262 Å². The van der Waals surface area contributed by atoms with Crippen LogP contribution in [0.25, 0.3) is 0 Å². The average Bonchev–Trinajstić information content (AvgIpc) is 3.01. The lowest BCUT2D eigenvalue weighted by molar-refractivity contribution is -0.354. The minimum Gasteiger partial charge on any atom is -0.457 e. The molecule has 0 bridgehead atoms. The van der Waals surface area contributed by atoms with Crippen molar-refractivity contribution in [1.82, 2.24) is 5.32 Å². The van der Waals surface area contributed by atoms with Gasteiger partial charge in [-0.25, -0.2) is 4.79 Å². The highest BCUT2D eigenvalue weighted by Gasteiger charge is 2.53. The van der Waals surface area contributed by atoms with Gasteiger partial charge < -0.3 is 43.6 Å². The third-order valence-corrected chi connectivity index (χ3v) is 7.44. The number of ether oxygens (including phenoxy) is 7. The first-order chi connectivity index (χ1) is 21.6. The van der Waals surface area contributed by atoms with E-state index >= 15 is 0 Å². The number of nitrogens with one attached hydrogen (secondary N) is 1. The molecular formula is C33H41NO11. The van der Waals surface area contributed by atoms with Crippen LogP contribution >= 0.6 is 0 Å². The highest BCUT2D eigenvalue weighted by molar-refractivity contribution is 5.89. The highest BCUT2D eigenvalue weighted by atomic mass is 16.7. The molecule has 2 saturated heterocycles. The maximum absolute atomic E-state index is 13.1. The van der Waals surface area contributed by atoms with E-state index < -0.39 is 79.2 Å². The number of benzene rings is 2. The van der Waals surface area contributed by atoms with Gasteiger partial charge in [-0.1, -0.05) is 54.6 Å². The standard InChI is InChI=1S/C33H41NO11/c1-6-17-39-29-27(44-31(37)24-15-11-8-12-16-24)20(3)41-32(38)30(29)45-33-28(40-18-23-13-9-7-10-14-23)25(34-21(4)35)26(19(2)42-33)43-22(5)36/h6-16,19-20,25-30,32-33,38H,1,17-18H2,2-5H3,(H,34,35)/t19-,20+,25+,26+,27+,28-,29-,30-,32-,33-/m1/s1. The third kappa shape index (κ3) is 8.97. The second-order valence-corrected chi connectivity index (χ2v) is 10.9. The summed E-state index contributed by atoms with van der Waals surface area (Å²) in [6.45, 7) is 9.75. The number of aliphatic hydroxyl groups excluding tert-OH is 1. The fourth-order valence-electron chi connectivity index (χ4n) is 5.42. The summed E-state index contributed by atoms with van der Waals surface area (Å²) in [7, 11) is 0. The Bertz CT molecular complexity index is 1280. The summed E-state index contributed by atoms with van der Waals surface area (Å²) in [5.41, 5.74) is 1.15. The molecule has 10 atom stereocenters. The summed E-state index contributed by atoms with van der Waals surface area (Å²) < 4.78 is 42.1. The zero-order valence-corrected chi connectivity index (χ0v) is 25.8. The zero-order chi connectivity index (χ0) is 32.5. The van der Waals surface area contributed by atoms with Crippen molar-refractivity contribution in [2.24, 2.45) is 0 Å². The molecule has 2 fully saturated rings. The molecular weight excluding hydrogens is 586 g/mol. The normalized spacial score (nSPS) is 31.4. The van der Waals surface area contributed by atoms with E-state index in [0.29, 0.717) is 5.56 Å². The molecule has 2 N–H and O–H groups in total. The molecule has 0 saturated carbocycles. The van der Waals surface area contributed by atoms with Gasteiger partial charge in [0, 0.05) is 13.8 Å². The Balaban J connectivity index is 1.65. The van der Waals surface area contributed by atoms with E-state index in [2.05, 4.69) is 11.9 Å². The Morgan fingerprint density at radius 1 is 0.844 bits per heavy atom. The highest BCUT2D eigenvalue weighted by Crippen LogP contribution is 2.33. The van der Waals surface area contributed by atoms with Gasteiger partial charge in [-0.05, 0) is 31.5 Å². The molecule has 0 aliphatic carbocycles. The zero-order valence-electron chi connectivity index (χ0n) is 25.8. The molecule has 244 valence electrons. The van der Waals surface area contributed by atoms with Crippen LogP contribution in [0.15, 0.2) is 73.3 Å². The average molecular weight is 628 g/mol. The SMILES string of the molecule is C=CCO[C@@H]1[C@@H](OC(=O)c2ccccc2)[C@H](C)O[C@@H](O)[C@@H]1O[C@H]1O[C@H](C)[C@H](OC(C)=O)[C@H](NC(C)=O)[C@H]1OCc1ccccc1. The minimum atomic E-state index is -1.53. The van der Waals surface area contributed by atoms with E-state index in [4.69, 9.17) is 33.2 Å². The van der Waals surface area contributed by atoms with E-state index in [-0.39, 0.29) is 13.2 Å². The van der Waals surface area contributed by atoms with Crippen molar-refractivity contribution in [1.29, 1.82) is 0 Å². The Hall–Kier alpha value is -3.65. The van der Waals surface area contributed by atoms with Gasteiger partial charge in [0.15, 0.2) is 24.8 Å². The molecule has 0 aromatic heterocycles. The second kappa shape index (κ2) is 16.1. The van der Waals surface area contributed by atoms with Crippen molar-refractivity contribution in [3.63, 3.8) is 0 Å². The van der Waals surface area contributed by atoms with Gasteiger partial charge in [0.2, 0.25) is 5.91 Å². The lowest BCUT2D eigenvalue weighted by atomic mass is 9.95. The van der Waals surface area contributed by atoms with Gasteiger partial charge in [-0.2, -0.15) is 0 Å². The number of hydrogen-bond acceptors (Lipinski definition) is 11. The van der Waals surface area contributed by atoms with Gasteiger partial charge in [0.25, 0.3) is 0 Å². The number of aliphatic hydroxyl groups is 1. The molecule has 4 rings (SSSR count). The van der Waals surface area contributed by atoms with Crippen LogP contribution in [0.3, 0.4) is 0 Å². The fraction of sp³-hybridized carbons (Fsp3) is 0.485. The van der Waals surface area contributed by atoms with Crippen LogP contribution in [0.4, 0.5) is 0 Å². The summed E-state index contributed by atoms with van der Waals surface area (Å²) in [4.78, 5) is 37.5. The van der Waals surface area contributed by atoms with Crippen molar-refractivity contribution < 1.29 is 52.6 Å². The number of carbonyl (C=O) groups excluding carboxylic acids is 3. The largest absolute Gasteiger partial charge is 0.457 e. The first-order valence-corrected chi connectivity index (χ1v) is 14.8. The molecule has 0 unspecified atom stereocenters. The molecule has 2 aliphatic heterocycles. The first-order valence-electron chi connectivity index (χ1n) is 14.8. The monoisotopic (exact) mass is 627 g/mol. The number of amides is 1. The second-order valence-electron chi connectivity index (χ2n) is 10.9. The van der Waals surface area contributed by atoms with Crippen molar-refractivity contribution in [2.45, 2.75) is 95.7 Å². The molecule has 2 aromatic rings. The number of hydrogen-bond donors (Lipinski definition) is 2. The number of rotatable bonds is 12. The molecule has 12 nitrogen and oxygen atoms in total. The minimum absolute atomic E-state index is 0.0439. The van der Waals surface area contributed by atoms with Crippen molar-refractivity contribution in [3.05, 3.63) is 84.4 Å². The summed E-state index contributed by atoms with van der Waals surface area (Å²) in [6.07, 6.45) is -8.04. The molecule has 1 amide bonds. The summed E-state index contributed by atoms with van der Waals surface area (Å²) in [5, 5.41) is 14.0. The Morgan fingerprint density at radius 2 is 1.49 bits per heavy atom. The van der Waals surface area contributed by atoms with Crippen molar-refractivity contribution in [2.75, 3.05) is 6.61 Å². The smallest absolute Gasteiger partial charge is 0.338 e. The Kier molecular flexibility index (Phi) is 12.2. The molecule has 2 aliphatic rings. The molecule has 12 heteroatoms. The molecule has 2 aromatic carbocycles. The molecule has 2 heterocycles. The molecule has 0 radical (unpaired) electrons. The number of carbonyl (C=O) groups is 3. The van der Waals surface area contributed by atoms with Gasteiger partial charge in [-0.15, -0.1) is 6.58 Å².